The molecule has 5 N–H and O–H groups in total. The highest BCUT2D eigenvalue weighted by molar-refractivity contribution is 5.91. The topological polar surface area (TPSA) is 125 Å². The third-order valence-electron chi connectivity index (χ3n) is 3.26. The molecule has 3 amide bonds. The molecule has 8 nitrogen and oxygen atoms in total. The van der Waals surface area contributed by atoms with Crippen LogP contribution in [0.25, 0.3) is 0 Å². The van der Waals surface area contributed by atoms with Crippen molar-refractivity contribution in [1.82, 2.24) is 15.7 Å². The summed E-state index contributed by atoms with van der Waals surface area (Å²) in [5, 5.41) is 15.5. The molecule has 0 aliphatic carbocycles. The number of carbonyl (C=O) groups is 3. The Morgan fingerprint density at radius 3 is 2.57 bits per heavy atom. The number of nitrogens with one attached hydrogen (secondary N) is 2. The lowest BCUT2D eigenvalue weighted by Gasteiger charge is -2.24. The van der Waals surface area contributed by atoms with E-state index in [4.69, 9.17) is 5.73 Å². The van der Waals surface area contributed by atoms with Crippen LogP contribution in [-0.2, 0) is 14.4 Å². The molecule has 120 valence electrons. The molecule has 0 unspecified atom stereocenters. The molecule has 1 fully saturated rings. The maximum absolute atomic E-state index is 12.1. The summed E-state index contributed by atoms with van der Waals surface area (Å²) in [4.78, 5) is 34.9. The Kier molecular flexibility index (Phi) is 6.57. The van der Waals surface area contributed by atoms with E-state index >= 15 is 0 Å². The highest BCUT2D eigenvalue weighted by atomic mass is 16.5. The fourth-order valence-electron chi connectivity index (χ4n) is 2.28. The molecule has 0 aromatic heterocycles. The van der Waals surface area contributed by atoms with Crippen LogP contribution < -0.4 is 16.4 Å². The van der Waals surface area contributed by atoms with Crippen molar-refractivity contribution in [3.63, 3.8) is 0 Å². The molecule has 1 aliphatic rings. The zero-order valence-corrected chi connectivity index (χ0v) is 12.5. The minimum absolute atomic E-state index is 0.137. The molecule has 1 saturated heterocycles. The summed E-state index contributed by atoms with van der Waals surface area (Å²) in [6, 6.07) is -1.18. The maximum atomic E-state index is 12.1. The summed E-state index contributed by atoms with van der Waals surface area (Å²) in [6.07, 6.45) is 2.00. The first-order valence-electron chi connectivity index (χ1n) is 7.13. The average Bonchev–Trinajstić information content (AvgIpc) is 2.89. The van der Waals surface area contributed by atoms with Gasteiger partial charge in [-0.15, -0.1) is 0 Å². The van der Waals surface area contributed by atoms with Gasteiger partial charge in [0.15, 0.2) is 0 Å². The Labute approximate surface area is 124 Å². The summed E-state index contributed by atoms with van der Waals surface area (Å²) in [5.41, 5.74) is 4.94. The fourth-order valence-corrected chi connectivity index (χ4v) is 2.28. The van der Waals surface area contributed by atoms with Crippen molar-refractivity contribution >= 4 is 17.7 Å². The standard InChI is InChI=1S/C13H24N4O4/c1-8(2)6-10(13(20)17(21)7-11(14)18)16-12(19)9-4-3-5-15-9/h8-10,15,21H,3-7H2,1-2H3,(H2,14,18)(H,16,19)/t9-,10-/m0/s1. The fraction of sp³-hybridized carbons (Fsp3) is 0.769. The van der Waals surface area contributed by atoms with Gasteiger partial charge in [-0.1, -0.05) is 13.8 Å². The molecule has 2 atom stereocenters. The van der Waals surface area contributed by atoms with Gasteiger partial charge >= 0.3 is 0 Å². The molecular formula is C13H24N4O4. The number of rotatable bonds is 7. The van der Waals surface area contributed by atoms with E-state index in [1.54, 1.807) is 0 Å². The monoisotopic (exact) mass is 300 g/mol. The van der Waals surface area contributed by atoms with Crippen LogP contribution in [0.4, 0.5) is 0 Å². The Morgan fingerprint density at radius 1 is 1.43 bits per heavy atom. The smallest absolute Gasteiger partial charge is 0.268 e. The molecular weight excluding hydrogens is 276 g/mol. The van der Waals surface area contributed by atoms with E-state index in [-0.39, 0.29) is 22.9 Å². The molecule has 21 heavy (non-hydrogen) atoms. The Bertz CT molecular complexity index is 394. The Hall–Kier alpha value is -1.67. The van der Waals surface area contributed by atoms with Crippen LogP contribution in [0.1, 0.15) is 33.1 Å². The number of nitrogens with two attached hydrogens (primary N) is 1. The van der Waals surface area contributed by atoms with E-state index < -0.39 is 24.4 Å². The van der Waals surface area contributed by atoms with Crippen molar-refractivity contribution in [3.8, 4) is 0 Å². The number of nitrogens with zero attached hydrogens (tertiary/aromatic N) is 1. The molecule has 0 saturated carbocycles. The van der Waals surface area contributed by atoms with Gasteiger partial charge in [0.25, 0.3) is 5.91 Å². The Balaban J connectivity index is 2.67. The van der Waals surface area contributed by atoms with Crippen molar-refractivity contribution in [2.24, 2.45) is 11.7 Å². The van der Waals surface area contributed by atoms with E-state index in [2.05, 4.69) is 10.6 Å². The summed E-state index contributed by atoms with van der Waals surface area (Å²) >= 11 is 0. The predicted octanol–water partition coefficient (Wildman–Crippen LogP) is -1.03. The average molecular weight is 300 g/mol. The van der Waals surface area contributed by atoms with Crippen molar-refractivity contribution in [1.29, 1.82) is 0 Å². The van der Waals surface area contributed by atoms with Crippen LogP contribution in [0.15, 0.2) is 0 Å². The molecule has 1 aliphatic heterocycles. The van der Waals surface area contributed by atoms with Crippen LogP contribution in [0, 0.1) is 5.92 Å². The van der Waals surface area contributed by atoms with Gasteiger partial charge in [0.2, 0.25) is 11.8 Å². The SMILES string of the molecule is CC(C)C[C@H](NC(=O)[C@@H]1CCCN1)C(=O)N(O)CC(N)=O. The third kappa shape index (κ3) is 5.68. The van der Waals surface area contributed by atoms with Gasteiger partial charge < -0.3 is 16.4 Å². The highest BCUT2D eigenvalue weighted by Crippen LogP contribution is 2.10. The Morgan fingerprint density at radius 2 is 2.10 bits per heavy atom. The number of hydrogen-bond donors (Lipinski definition) is 4. The molecule has 1 heterocycles. The number of primary amides is 1. The third-order valence-corrected chi connectivity index (χ3v) is 3.26. The lowest BCUT2D eigenvalue weighted by molar-refractivity contribution is -0.171. The first-order valence-corrected chi connectivity index (χ1v) is 7.13. The van der Waals surface area contributed by atoms with Crippen molar-refractivity contribution < 1.29 is 19.6 Å². The van der Waals surface area contributed by atoms with E-state index in [1.807, 2.05) is 13.8 Å². The second-order valence-corrected chi connectivity index (χ2v) is 5.70. The van der Waals surface area contributed by atoms with Gasteiger partial charge in [-0.2, -0.15) is 0 Å². The van der Waals surface area contributed by atoms with Crippen LogP contribution in [0.5, 0.6) is 0 Å². The summed E-state index contributed by atoms with van der Waals surface area (Å²) < 4.78 is 0. The van der Waals surface area contributed by atoms with Gasteiger partial charge in [0.05, 0.1) is 6.04 Å². The summed E-state index contributed by atoms with van der Waals surface area (Å²) in [6.45, 7) is 3.98. The number of hydrogen-bond acceptors (Lipinski definition) is 5. The lowest BCUT2D eigenvalue weighted by atomic mass is 10.0. The summed E-state index contributed by atoms with van der Waals surface area (Å²) in [7, 11) is 0. The first-order chi connectivity index (χ1) is 9.81. The predicted molar refractivity (Wildman–Crippen MR) is 75.1 cm³/mol. The highest BCUT2D eigenvalue weighted by Gasteiger charge is 2.30. The molecule has 0 aromatic rings. The van der Waals surface area contributed by atoms with Gasteiger partial charge in [0.1, 0.15) is 12.6 Å². The van der Waals surface area contributed by atoms with Crippen LogP contribution in [0.3, 0.4) is 0 Å². The van der Waals surface area contributed by atoms with Gasteiger partial charge in [-0.05, 0) is 31.7 Å². The van der Waals surface area contributed by atoms with Gasteiger partial charge in [-0.3, -0.25) is 19.6 Å². The second-order valence-electron chi connectivity index (χ2n) is 5.70. The largest absolute Gasteiger partial charge is 0.368 e. The van der Waals surface area contributed by atoms with Crippen molar-refractivity contribution in [2.45, 2.75) is 45.2 Å². The van der Waals surface area contributed by atoms with Gasteiger partial charge in [-0.25, -0.2) is 5.06 Å². The number of carbonyl (C=O) groups excluding carboxylic acids is 3. The molecule has 0 aromatic carbocycles. The second kappa shape index (κ2) is 7.94. The minimum atomic E-state index is -0.871. The van der Waals surface area contributed by atoms with E-state index in [9.17, 15) is 19.6 Å². The van der Waals surface area contributed by atoms with Crippen LogP contribution in [0.2, 0.25) is 0 Å². The number of hydroxylamine groups is 2. The van der Waals surface area contributed by atoms with E-state index in [1.165, 1.54) is 0 Å². The van der Waals surface area contributed by atoms with Gasteiger partial charge in [0, 0.05) is 0 Å². The van der Waals surface area contributed by atoms with E-state index in [0.717, 1.165) is 19.4 Å². The molecule has 0 bridgehead atoms. The van der Waals surface area contributed by atoms with E-state index in [0.29, 0.717) is 6.42 Å². The molecule has 8 heteroatoms. The maximum Gasteiger partial charge on any atom is 0.268 e. The number of amides is 3. The zero-order chi connectivity index (χ0) is 16.0. The molecule has 0 radical (unpaired) electrons. The molecule has 0 spiro atoms. The van der Waals surface area contributed by atoms with Crippen LogP contribution in [-0.4, -0.2) is 53.2 Å². The minimum Gasteiger partial charge on any atom is -0.368 e. The van der Waals surface area contributed by atoms with Crippen molar-refractivity contribution in [3.05, 3.63) is 0 Å². The lowest BCUT2D eigenvalue weighted by Crippen LogP contribution is -2.53. The molecule has 1 rings (SSSR count). The first kappa shape index (κ1) is 17.4. The van der Waals surface area contributed by atoms with Crippen LogP contribution >= 0.6 is 0 Å². The van der Waals surface area contributed by atoms with Crippen molar-refractivity contribution in [2.75, 3.05) is 13.1 Å². The summed E-state index contributed by atoms with van der Waals surface area (Å²) in [5.74, 6) is -1.68. The normalized spacial score (nSPS) is 19.3. The quantitative estimate of drug-likeness (QED) is 0.353. The zero-order valence-electron chi connectivity index (χ0n) is 12.5.